The van der Waals surface area contributed by atoms with Gasteiger partial charge in [0, 0.05) is 30.7 Å². The zero-order valence-electron chi connectivity index (χ0n) is 12.7. The topological polar surface area (TPSA) is 92.5 Å². The molecule has 22 heavy (non-hydrogen) atoms. The van der Waals surface area contributed by atoms with Crippen molar-refractivity contribution in [3.63, 3.8) is 0 Å². The van der Waals surface area contributed by atoms with Crippen LogP contribution in [0.15, 0.2) is 24.3 Å². The van der Waals surface area contributed by atoms with Crippen LogP contribution in [-0.2, 0) is 15.8 Å². The molecule has 0 aromatic heterocycles. The van der Waals surface area contributed by atoms with E-state index >= 15 is 0 Å². The number of rotatable bonds is 3. The van der Waals surface area contributed by atoms with Crippen LogP contribution in [0.1, 0.15) is 29.8 Å². The number of hydrogen-bond donors (Lipinski definition) is 2. The first-order chi connectivity index (χ1) is 9.74. The van der Waals surface area contributed by atoms with Gasteiger partial charge in [0.2, 0.25) is 10.0 Å². The first kappa shape index (κ1) is 18.9. The molecule has 0 spiro atoms. The molecule has 2 atom stereocenters. The van der Waals surface area contributed by atoms with Crippen LogP contribution in [0.2, 0.25) is 0 Å². The zero-order chi connectivity index (χ0) is 15.6. The lowest BCUT2D eigenvalue weighted by Crippen LogP contribution is -2.55. The number of amides is 1. The molecule has 2 rings (SSSR count). The molecule has 1 fully saturated rings. The molecule has 1 heterocycles. The Hall–Kier alpha value is -1.15. The van der Waals surface area contributed by atoms with Gasteiger partial charge in [-0.1, -0.05) is 12.1 Å². The van der Waals surface area contributed by atoms with Gasteiger partial charge in [0.15, 0.2) is 0 Å². The third-order valence-electron chi connectivity index (χ3n) is 3.41. The normalized spacial score (nSPS) is 22.0. The largest absolute Gasteiger partial charge is 0.336 e. The van der Waals surface area contributed by atoms with Gasteiger partial charge < -0.3 is 10.2 Å². The number of halogens is 1. The maximum Gasteiger partial charge on any atom is 0.253 e. The summed E-state index contributed by atoms with van der Waals surface area (Å²) >= 11 is 0. The molecule has 1 saturated heterocycles. The van der Waals surface area contributed by atoms with Crippen molar-refractivity contribution in [1.29, 1.82) is 0 Å². The first-order valence-electron chi connectivity index (χ1n) is 6.89. The highest BCUT2D eigenvalue weighted by atomic mass is 35.5. The smallest absolute Gasteiger partial charge is 0.253 e. The lowest BCUT2D eigenvalue weighted by Gasteiger charge is -2.36. The van der Waals surface area contributed by atoms with E-state index in [9.17, 15) is 13.2 Å². The van der Waals surface area contributed by atoms with Gasteiger partial charge in [-0.25, -0.2) is 13.6 Å². The van der Waals surface area contributed by atoms with Crippen molar-refractivity contribution in [2.45, 2.75) is 31.7 Å². The molecule has 0 radical (unpaired) electrons. The minimum atomic E-state index is -3.55. The summed E-state index contributed by atoms with van der Waals surface area (Å²) in [5.74, 6) is -0.249. The second-order valence-corrected chi connectivity index (χ2v) is 7.30. The van der Waals surface area contributed by atoms with Crippen molar-refractivity contribution >= 4 is 28.3 Å². The van der Waals surface area contributed by atoms with E-state index in [2.05, 4.69) is 5.32 Å². The molecule has 3 N–H and O–H groups in total. The number of carbonyl (C=O) groups excluding carboxylic acids is 1. The minimum Gasteiger partial charge on any atom is -0.336 e. The molecule has 2 unspecified atom stereocenters. The highest BCUT2D eigenvalue weighted by Gasteiger charge is 2.25. The van der Waals surface area contributed by atoms with Crippen LogP contribution in [0.4, 0.5) is 0 Å². The maximum absolute atomic E-state index is 12.4. The molecule has 8 heteroatoms. The fraction of sp³-hybridized carbons (Fsp3) is 0.500. The molecule has 1 aromatic rings. The van der Waals surface area contributed by atoms with Crippen molar-refractivity contribution in [2.24, 2.45) is 5.14 Å². The van der Waals surface area contributed by atoms with Gasteiger partial charge in [0.1, 0.15) is 0 Å². The maximum atomic E-state index is 12.4. The van der Waals surface area contributed by atoms with E-state index in [-0.39, 0.29) is 36.2 Å². The van der Waals surface area contributed by atoms with E-state index in [1.807, 2.05) is 18.7 Å². The van der Waals surface area contributed by atoms with E-state index in [0.717, 1.165) is 0 Å². The number of sulfonamides is 1. The fourth-order valence-corrected chi connectivity index (χ4v) is 3.31. The molecule has 0 aliphatic carbocycles. The number of benzene rings is 1. The van der Waals surface area contributed by atoms with E-state index in [1.165, 1.54) is 0 Å². The molecule has 6 nitrogen and oxygen atoms in total. The third-order valence-corrected chi connectivity index (χ3v) is 4.15. The summed E-state index contributed by atoms with van der Waals surface area (Å²) in [5, 5.41) is 8.38. The van der Waals surface area contributed by atoms with Crippen LogP contribution in [0, 0.1) is 0 Å². The van der Waals surface area contributed by atoms with Crippen LogP contribution in [0.3, 0.4) is 0 Å². The number of primary sulfonamides is 1. The Bertz CT molecular complexity index is 609. The predicted octanol–water partition coefficient (Wildman–Crippen LogP) is 0.719. The molecule has 1 amide bonds. The van der Waals surface area contributed by atoms with Gasteiger partial charge in [0.25, 0.3) is 5.91 Å². The summed E-state index contributed by atoms with van der Waals surface area (Å²) in [5.41, 5.74) is 1.14. The molecule has 0 bridgehead atoms. The molecule has 1 aromatic carbocycles. The predicted molar refractivity (Wildman–Crippen MR) is 88.5 cm³/mol. The van der Waals surface area contributed by atoms with E-state index in [0.29, 0.717) is 24.2 Å². The summed E-state index contributed by atoms with van der Waals surface area (Å²) < 4.78 is 22.1. The van der Waals surface area contributed by atoms with Gasteiger partial charge in [-0.3, -0.25) is 4.79 Å². The van der Waals surface area contributed by atoms with E-state index in [4.69, 9.17) is 5.14 Å². The minimum absolute atomic E-state index is 0. The Morgan fingerprint density at radius 1 is 1.23 bits per heavy atom. The van der Waals surface area contributed by atoms with Crippen molar-refractivity contribution in [3.8, 4) is 0 Å². The number of nitrogens with one attached hydrogen (secondary N) is 1. The highest BCUT2D eigenvalue weighted by molar-refractivity contribution is 7.88. The summed E-state index contributed by atoms with van der Waals surface area (Å²) in [6.45, 7) is 5.43. The average Bonchev–Trinajstić information content (AvgIpc) is 2.35. The SMILES string of the molecule is CC1CN(C(=O)c2ccc(CS(N)(=O)=O)cc2)CC(C)N1.Cl. The van der Waals surface area contributed by atoms with Gasteiger partial charge in [-0.05, 0) is 31.5 Å². The standard InChI is InChI=1S/C14H21N3O3S.ClH/c1-10-7-17(8-11(2)16-10)14(18)13-5-3-12(4-6-13)9-21(15,19)20;/h3-6,10-11,16H,7-9H2,1-2H3,(H2,15,19,20);1H. The lowest BCUT2D eigenvalue weighted by atomic mass is 10.1. The summed E-state index contributed by atoms with van der Waals surface area (Å²) in [4.78, 5) is 14.3. The number of nitrogens with two attached hydrogens (primary N) is 1. The monoisotopic (exact) mass is 347 g/mol. The van der Waals surface area contributed by atoms with Crippen LogP contribution < -0.4 is 10.5 Å². The van der Waals surface area contributed by atoms with Crippen LogP contribution in [0.25, 0.3) is 0 Å². The number of carbonyl (C=O) groups is 1. The Balaban J connectivity index is 0.00000242. The molecule has 1 aliphatic rings. The van der Waals surface area contributed by atoms with Gasteiger partial charge in [-0.2, -0.15) is 0 Å². The van der Waals surface area contributed by atoms with Crippen molar-refractivity contribution in [3.05, 3.63) is 35.4 Å². The fourth-order valence-electron chi connectivity index (χ4n) is 2.65. The molecule has 124 valence electrons. The van der Waals surface area contributed by atoms with E-state index < -0.39 is 10.0 Å². The summed E-state index contributed by atoms with van der Waals surface area (Å²) in [6, 6.07) is 7.10. The average molecular weight is 348 g/mol. The van der Waals surface area contributed by atoms with E-state index in [1.54, 1.807) is 24.3 Å². The second-order valence-electron chi connectivity index (χ2n) is 5.68. The van der Waals surface area contributed by atoms with Gasteiger partial charge >= 0.3 is 0 Å². The molecular weight excluding hydrogens is 326 g/mol. The lowest BCUT2D eigenvalue weighted by molar-refractivity contribution is 0.0674. The number of nitrogens with zero attached hydrogens (tertiary/aromatic N) is 1. The molecule has 1 aliphatic heterocycles. The Morgan fingerprint density at radius 3 is 2.18 bits per heavy atom. The number of piperazine rings is 1. The van der Waals surface area contributed by atoms with Crippen molar-refractivity contribution < 1.29 is 13.2 Å². The first-order valence-corrected chi connectivity index (χ1v) is 8.61. The summed E-state index contributed by atoms with van der Waals surface area (Å²) in [7, 11) is -3.55. The Labute approximate surface area is 137 Å². The molecule has 0 saturated carbocycles. The third kappa shape index (κ3) is 5.24. The van der Waals surface area contributed by atoms with Crippen molar-refractivity contribution in [2.75, 3.05) is 13.1 Å². The molecular formula is C14H22ClN3O3S. The Morgan fingerprint density at radius 2 is 1.73 bits per heavy atom. The Kier molecular flexibility index (Phi) is 6.37. The van der Waals surface area contributed by atoms with Crippen LogP contribution in [0.5, 0.6) is 0 Å². The van der Waals surface area contributed by atoms with Gasteiger partial charge in [0.05, 0.1) is 5.75 Å². The quantitative estimate of drug-likeness (QED) is 0.842. The van der Waals surface area contributed by atoms with Crippen LogP contribution in [-0.4, -0.2) is 44.4 Å². The van der Waals surface area contributed by atoms with Gasteiger partial charge in [-0.15, -0.1) is 12.4 Å². The highest BCUT2D eigenvalue weighted by Crippen LogP contribution is 2.12. The second kappa shape index (κ2) is 7.41. The van der Waals surface area contributed by atoms with Crippen molar-refractivity contribution in [1.82, 2.24) is 10.2 Å². The van der Waals surface area contributed by atoms with Crippen LogP contribution >= 0.6 is 12.4 Å². The zero-order valence-corrected chi connectivity index (χ0v) is 14.3. The number of hydrogen-bond acceptors (Lipinski definition) is 4. The summed E-state index contributed by atoms with van der Waals surface area (Å²) in [6.07, 6.45) is 0.